The van der Waals surface area contributed by atoms with Crippen LogP contribution >= 0.6 is 34.5 Å². The number of rotatable bonds is 10. The molecule has 1 fully saturated rings. The molecule has 2 heterocycles. The Balaban J connectivity index is 1.34. The smallest absolute Gasteiger partial charge is 0.326 e. The van der Waals surface area contributed by atoms with Gasteiger partial charge in [-0.1, -0.05) is 41.4 Å². The predicted octanol–water partition coefficient (Wildman–Crippen LogP) is 4.14. The zero-order valence-corrected chi connectivity index (χ0v) is 23.2. The number of carboxylic acids is 1. The number of aliphatic carboxylic acids is 1. The molecule has 13 heteroatoms. The summed E-state index contributed by atoms with van der Waals surface area (Å²) in [7, 11) is 0. The molecule has 1 saturated heterocycles. The third-order valence-corrected chi connectivity index (χ3v) is 7.66. The molecule has 0 saturated carbocycles. The minimum absolute atomic E-state index is 0.0141. The number of anilines is 1. The third-order valence-electron chi connectivity index (χ3n) is 5.97. The number of aromatic nitrogens is 1. The molecule has 2 amide bonds. The van der Waals surface area contributed by atoms with Crippen molar-refractivity contribution in [1.82, 2.24) is 10.3 Å². The van der Waals surface area contributed by atoms with Crippen LogP contribution < -0.4 is 15.4 Å². The Hall–Kier alpha value is -3.22. The molecule has 39 heavy (non-hydrogen) atoms. The van der Waals surface area contributed by atoms with Gasteiger partial charge in [0.15, 0.2) is 17.3 Å². The van der Waals surface area contributed by atoms with Crippen LogP contribution in [0.5, 0.6) is 5.75 Å². The van der Waals surface area contributed by atoms with Crippen LogP contribution in [0, 0.1) is 13.8 Å². The Labute approximate surface area is 238 Å². The van der Waals surface area contributed by atoms with Crippen molar-refractivity contribution >= 4 is 57.5 Å². The number of carbonyl (C=O) groups excluding carboxylic acids is 2. The van der Waals surface area contributed by atoms with E-state index < -0.39 is 36.0 Å². The molecule has 10 nitrogen and oxygen atoms in total. The van der Waals surface area contributed by atoms with Crippen molar-refractivity contribution in [1.29, 1.82) is 0 Å². The number of hydrogen-bond donors (Lipinski definition) is 3. The minimum atomic E-state index is -1.32. The molecule has 4 rings (SSSR count). The summed E-state index contributed by atoms with van der Waals surface area (Å²) in [6.07, 6.45) is -2.59. The number of amides is 2. The second-order valence-electron chi connectivity index (χ2n) is 8.68. The molecule has 1 aromatic heterocycles. The summed E-state index contributed by atoms with van der Waals surface area (Å²) in [5.74, 6) is -2.10. The van der Waals surface area contributed by atoms with Gasteiger partial charge in [-0.2, -0.15) is 0 Å². The van der Waals surface area contributed by atoms with Gasteiger partial charge in [-0.15, -0.1) is 11.3 Å². The van der Waals surface area contributed by atoms with Crippen LogP contribution in [0.4, 0.5) is 5.13 Å². The van der Waals surface area contributed by atoms with Crippen LogP contribution in [-0.2, 0) is 36.9 Å². The van der Waals surface area contributed by atoms with Gasteiger partial charge in [0.2, 0.25) is 0 Å². The Morgan fingerprint density at radius 3 is 2.31 bits per heavy atom. The van der Waals surface area contributed by atoms with Gasteiger partial charge in [-0.25, -0.2) is 9.78 Å². The molecular weight excluding hydrogens is 569 g/mol. The highest BCUT2D eigenvalue weighted by atomic mass is 35.5. The van der Waals surface area contributed by atoms with Gasteiger partial charge in [-0.3, -0.25) is 14.9 Å². The van der Waals surface area contributed by atoms with E-state index >= 15 is 0 Å². The minimum Gasteiger partial charge on any atom is -0.489 e. The summed E-state index contributed by atoms with van der Waals surface area (Å²) >= 11 is 13.6. The molecule has 206 valence electrons. The lowest BCUT2D eigenvalue weighted by atomic mass is 10.0. The van der Waals surface area contributed by atoms with E-state index in [4.69, 9.17) is 37.4 Å². The number of carbonyl (C=O) groups is 3. The SMILES string of the molecule is Cc1nc(NC(=O)[C@@H]2OCO[C@H]2C(=O)NC(Cc2ccc(OCc3c(Cl)cccc3Cl)cc2)C(=O)O)sc1C. The van der Waals surface area contributed by atoms with Gasteiger partial charge in [0.25, 0.3) is 11.8 Å². The summed E-state index contributed by atoms with van der Waals surface area (Å²) in [6.45, 7) is 3.56. The summed E-state index contributed by atoms with van der Waals surface area (Å²) in [5, 5.41) is 16.1. The highest BCUT2D eigenvalue weighted by Gasteiger charge is 2.42. The molecule has 0 bridgehead atoms. The van der Waals surface area contributed by atoms with E-state index in [0.717, 1.165) is 10.6 Å². The zero-order valence-electron chi connectivity index (χ0n) is 20.9. The van der Waals surface area contributed by atoms with Gasteiger partial charge in [0, 0.05) is 26.9 Å². The normalized spacial score (nSPS) is 17.4. The molecule has 3 atom stereocenters. The van der Waals surface area contributed by atoms with Crippen LogP contribution in [0.2, 0.25) is 10.0 Å². The van der Waals surface area contributed by atoms with Crippen LogP contribution in [0.1, 0.15) is 21.7 Å². The molecule has 1 aliphatic rings. The Kier molecular flexibility index (Phi) is 9.41. The molecular formula is C26H25Cl2N3O7S. The first-order valence-electron chi connectivity index (χ1n) is 11.8. The third kappa shape index (κ3) is 7.25. The van der Waals surface area contributed by atoms with Gasteiger partial charge in [0.1, 0.15) is 25.2 Å². The van der Waals surface area contributed by atoms with E-state index in [1.807, 2.05) is 13.8 Å². The fraction of sp³-hybridized carbons (Fsp3) is 0.308. The molecule has 1 aliphatic heterocycles. The number of halogens is 2. The summed E-state index contributed by atoms with van der Waals surface area (Å²) < 4.78 is 16.4. The number of thiazole rings is 1. The summed E-state index contributed by atoms with van der Waals surface area (Å²) in [5.41, 5.74) is 2.07. The number of benzene rings is 2. The van der Waals surface area contributed by atoms with Gasteiger partial charge >= 0.3 is 5.97 Å². The quantitative estimate of drug-likeness (QED) is 0.319. The second-order valence-corrected chi connectivity index (χ2v) is 10.7. The largest absolute Gasteiger partial charge is 0.489 e. The van der Waals surface area contributed by atoms with Crippen molar-refractivity contribution in [2.24, 2.45) is 0 Å². The van der Waals surface area contributed by atoms with E-state index in [2.05, 4.69) is 15.6 Å². The molecule has 0 radical (unpaired) electrons. The van der Waals surface area contributed by atoms with E-state index in [-0.39, 0.29) is 19.8 Å². The van der Waals surface area contributed by atoms with E-state index in [9.17, 15) is 19.5 Å². The van der Waals surface area contributed by atoms with Gasteiger partial charge in [-0.05, 0) is 43.7 Å². The first kappa shape index (κ1) is 28.8. The number of nitrogens with zero attached hydrogens (tertiary/aromatic N) is 1. The molecule has 0 aliphatic carbocycles. The maximum atomic E-state index is 12.9. The maximum Gasteiger partial charge on any atom is 0.326 e. The fourth-order valence-electron chi connectivity index (χ4n) is 3.73. The maximum absolute atomic E-state index is 12.9. The first-order chi connectivity index (χ1) is 18.6. The monoisotopic (exact) mass is 593 g/mol. The topological polar surface area (TPSA) is 136 Å². The Morgan fingerprint density at radius 2 is 1.72 bits per heavy atom. The predicted molar refractivity (Wildman–Crippen MR) is 145 cm³/mol. The van der Waals surface area contributed by atoms with E-state index in [1.165, 1.54) is 11.3 Å². The van der Waals surface area contributed by atoms with Crippen molar-refractivity contribution in [3.05, 3.63) is 74.2 Å². The lowest BCUT2D eigenvalue weighted by molar-refractivity contribution is -0.144. The zero-order chi connectivity index (χ0) is 28.1. The van der Waals surface area contributed by atoms with Crippen molar-refractivity contribution in [2.45, 2.75) is 45.1 Å². The number of carboxylic acid groups (broad SMARTS) is 1. The van der Waals surface area contributed by atoms with Crippen LogP contribution in [-0.4, -0.2) is 52.9 Å². The number of hydrogen-bond acceptors (Lipinski definition) is 8. The second kappa shape index (κ2) is 12.8. The van der Waals surface area contributed by atoms with Crippen molar-refractivity contribution in [2.75, 3.05) is 12.1 Å². The van der Waals surface area contributed by atoms with Crippen molar-refractivity contribution in [3.63, 3.8) is 0 Å². The highest BCUT2D eigenvalue weighted by molar-refractivity contribution is 7.15. The fourth-order valence-corrected chi connectivity index (χ4v) is 5.05. The lowest BCUT2D eigenvalue weighted by Gasteiger charge is -2.19. The Morgan fingerprint density at radius 1 is 1.08 bits per heavy atom. The van der Waals surface area contributed by atoms with E-state index in [0.29, 0.717) is 32.1 Å². The average Bonchev–Trinajstić information content (AvgIpc) is 3.50. The number of nitrogens with one attached hydrogen (secondary N) is 2. The van der Waals surface area contributed by atoms with Crippen LogP contribution in [0.3, 0.4) is 0 Å². The number of ether oxygens (including phenoxy) is 3. The van der Waals surface area contributed by atoms with Crippen molar-refractivity contribution in [3.8, 4) is 5.75 Å². The first-order valence-corrected chi connectivity index (χ1v) is 13.4. The molecule has 2 aromatic carbocycles. The van der Waals surface area contributed by atoms with Crippen molar-refractivity contribution < 1.29 is 33.7 Å². The summed E-state index contributed by atoms with van der Waals surface area (Å²) in [4.78, 5) is 42.7. The summed E-state index contributed by atoms with van der Waals surface area (Å²) in [6, 6.07) is 10.6. The van der Waals surface area contributed by atoms with Gasteiger partial charge < -0.3 is 24.6 Å². The van der Waals surface area contributed by atoms with Gasteiger partial charge in [0.05, 0.1) is 5.69 Å². The molecule has 1 unspecified atom stereocenters. The van der Waals surface area contributed by atoms with Crippen LogP contribution in [0.15, 0.2) is 42.5 Å². The lowest BCUT2D eigenvalue weighted by Crippen LogP contribution is -2.51. The molecule has 3 aromatic rings. The molecule has 0 spiro atoms. The number of aryl methyl sites for hydroxylation is 2. The van der Waals surface area contributed by atoms with E-state index in [1.54, 1.807) is 42.5 Å². The van der Waals surface area contributed by atoms with Crippen LogP contribution in [0.25, 0.3) is 0 Å². The average molecular weight is 594 g/mol. The highest BCUT2D eigenvalue weighted by Crippen LogP contribution is 2.26. The standard InChI is InChI=1S/C26H25Cl2N3O7S/c1-13-14(2)39-26(29-13)31-24(33)22-21(37-12-38-22)23(32)30-20(25(34)35)10-15-6-8-16(9-7-15)36-11-17-18(27)4-3-5-19(17)28/h3-9,20-22H,10-12H2,1-2H3,(H,30,32)(H,34,35)(H,29,31,33)/t20?,21-,22-/m1/s1. The Bertz CT molecular complexity index is 1330. The molecule has 3 N–H and O–H groups in total.